The number of nitrogens with zero attached hydrogens (tertiary/aromatic N) is 4. The summed E-state index contributed by atoms with van der Waals surface area (Å²) in [5, 5.41) is 10.9. The van der Waals surface area contributed by atoms with Crippen molar-refractivity contribution in [3.05, 3.63) is 83.7 Å². The Morgan fingerprint density at radius 1 is 1.16 bits per heavy atom. The Balaban J connectivity index is 1.68. The highest BCUT2D eigenvalue weighted by Gasteiger charge is 2.13. The molecule has 0 aliphatic rings. The second-order valence-corrected chi connectivity index (χ2v) is 7.79. The number of H-pyrrole nitrogens is 2. The number of nitrogens with one attached hydrogen (secondary N) is 2. The summed E-state index contributed by atoms with van der Waals surface area (Å²) in [4.78, 5) is 12.1. The van der Waals surface area contributed by atoms with Crippen molar-refractivity contribution in [1.29, 1.82) is 0 Å². The van der Waals surface area contributed by atoms with Gasteiger partial charge < -0.3 is 9.55 Å². The summed E-state index contributed by atoms with van der Waals surface area (Å²) in [6, 6.07) is 12.5. The van der Waals surface area contributed by atoms with Crippen LogP contribution in [0.3, 0.4) is 0 Å². The van der Waals surface area contributed by atoms with Crippen molar-refractivity contribution in [2.75, 3.05) is 0 Å². The summed E-state index contributed by atoms with van der Waals surface area (Å²) in [7, 11) is 2.00. The highest BCUT2D eigenvalue weighted by molar-refractivity contribution is 5.98. The first kappa shape index (κ1) is 19.8. The normalized spacial score (nSPS) is 12.7. The van der Waals surface area contributed by atoms with E-state index >= 15 is 0 Å². The van der Waals surface area contributed by atoms with Gasteiger partial charge in [-0.05, 0) is 60.9 Å². The van der Waals surface area contributed by atoms with Gasteiger partial charge in [0.1, 0.15) is 11.5 Å². The summed E-state index contributed by atoms with van der Waals surface area (Å²) in [6.45, 7) is 8.27. The third-order valence-corrected chi connectivity index (χ3v) is 5.90. The molecule has 0 saturated carbocycles. The Bertz CT molecular complexity index is 1560. The largest absolute Gasteiger partial charge is 0.353 e. The molecule has 0 atom stereocenters. The number of aryl methyl sites for hydroxylation is 1. The standard InChI is InChI=1S/C26H24N6/c1-5-22-21(13-16(2)25-15-28-17(3)32(25)4)26(31-30-22)24-14-20-19(7-6-8-23(20)29-24)18-9-11-27-12-10-18/h5-15,29-30H,2H2,1,3-4H3/b21-13+,22-5+. The van der Waals surface area contributed by atoms with E-state index in [1.165, 1.54) is 0 Å². The van der Waals surface area contributed by atoms with Gasteiger partial charge in [0.25, 0.3) is 0 Å². The number of benzene rings is 1. The van der Waals surface area contributed by atoms with Gasteiger partial charge >= 0.3 is 0 Å². The molecular formula is C26H24N6. The van der Waals surface area contributed by atoms with Gasteiger partial charge in [-0.3, -0.25) is 10.1 Å². The van der Waals surface area contributed by atoms with Gasteiger partial charge in [0, 0.05) is 35.6 Å². The van der Waals surface area contributed by atoms with Crippen LogP contribution >= 0.6 is 0 Å². The van der Waals surface area contributed by atoms with Crippen LogP contribution in [0.5, 0.6) is 0 Å². The van der Waals surface area contributed by atoms with Crippen LogP contribution in [0.25, 0.3) is 51.1 Å². The molecule has 0 unspecified atom stereocenters. The lowest BCUT2D eigenvalue weighted by Gasteiger charge is -2.03. The molecule has 2 N–H and O–H groups in total. The van der Waals surface area contributed by atoms with Crippen molar-refractivity contribution in [2.45, 2.75) is 13.8 Å². The molecule has 4 heterocycles. The summed E-state index contributed by atoms with van der Waals surface area (Å²) in [6.07, 6.45) is 9.58. The summed E-state index contributed by atoms with van der Waals surface area (Å²) < 4.78 is 2.04. The van der Waals surface area contributed by atoms with Crippen LogP contribution in [0.15, 0.2) is 61.6 Å². The van der Waals surface area contributed by atoms with Crippen LogP contribution in [-0.4, -0.2) is 29.7 Å². The van der Waals surface area contributed by atoms with Crippen molar-refractivity contribution in [3.8, 4) is 22.5 Å². The van der Waals surface area contributed by atoms with Gasteiger partial charge in [-0.15, -0.1) is 0 Å². The third-order valence-electron chi connectivity index (χ3n) is 5.90. The van der Waals surface area contributed by atoms with Crippen molar-refractivity contribution in [1.82, 2.24) is 29.7 Å². The quantitative estimate of drug-likeness (QED) is 0.462. The fraction of sp³-hybridized carbons (Fsp3) is 0.115. The number of aromatic nitrogens is 6. The first-order valence-electron chi connectivity index (χ1n) is 10.5. The van der Waals surface area contributed by atoms with E-state index in [0.717, 1.165) is 61.1 Å². The maximum Gasteiger partial charge on any atom is 0.116 e. The maximum atomic E-state index is 4.64. The molecule has 32 heavy (non-hydrogen) atoms. The highest BCUT2D eigenvalue weighted by atomic mass is 15.1. The molecule has 4 aromatic heterocycles. The lowest BCUT2D eigenvalue weighted by Crippen LogP contribution is -2.23. The molecule has 6 nitrogen and oxygen atoms in total. The minimum absolute atomic E-state index is 0.856. The fourth-order valence-electron chi connectivity index (χ4n) is 4.05. The van der Waals surface area contributed by atoms with Crippen LogP contribution < -0.4 is 10.6 Å². The van der Waals surface area contributed by atoms with Gasteiger partial charge in [0.15, 0.2) is 0 Å². The van der Waals surface area contributed by atoms with Crippen molar-refractivity contribution in [3.63, 3.8) is 0 Å². The van der Waals surface area contributed by atoms with Crippen LogP contribution in [0, 0.1) is 6.92 Å². The topological polar surface area (TPSA) is 75.2 Å². The van der Waals surface area contributed by atoms with E-state index in [9.17, 15) is 0 Å². The molecule has 158 valence electrons. The third kappa shape index (κ3) is 3.26. The number of pyridine rings is 1. The molecule has 6 heteroatoms. The van der Waals surface area contributed by atoms with Crippen LogP contribution in [0.2, 0.25) is 0 Å². The molecule has 0 saturated heterocycles. The van der Waals surface area contributed by atoms with E-state index in [4.69, 9.17) is 0 Å². The zero-order valence-corrected chi connectivity index (χ0v) is 18.3. The monoisotopic (exact) mass is 420 g/mol. The van der Waals surface area contributed by atoms with Crippen LogP contribution in [0.4, 0.5) is 0 Å². The molecule has 0 aliphatic heterocycles. The SMILES string of the molecule is C=C(/C=c1/c(-c2cc3c(-c4ccncc4)cccc3[nH]2)n[nH]/c1=C/C)c1cnc(C)n1C. The summed E-state index contributed by atoms with van der Waals surface area (Å²) in [5.41, 5.74) is 7.02. The first-order valence-corrected chi connectivity index (χ1v) is 10.5. The van der Waals surface area contributed by atoms with E-state index in [2.05, 4.69) is 62.1 Å². The Hall–Kier alpha value is -4.19. The highest BCUT2D eigenvalue weighted by Crippen LogP contribution is 2.30. The van der Waals surface area contributed by atoms with E-state index in [-0.39, 0.29) is 0 Å². The van der Waals surface area contributed by atoms with Gasteiger partial charge in [-0.2, -0.15) is 5.10 Å². The number of aromatic amines is 2. The van der Waals surface area contributed by atoms with E-state index in [1.54, 1.807) is 0 Å². The van der Waals surface area contributed by atoms with Crippen molar-refractivity contribution >= 4 is 28.6 Å². The van der Waals surface area contributed by atoms with E-state index in [0.29, 0.717) is 0 Å². The number of allylic oxidation sites excluding steroid dienone is 1. The molecule has 0 aliphatic carbocycles. The molecule has 0 bridgehead atoms. The Morgan fingerprint density at radius 3 is 2.69 bits per heavy atom. The van der Waals surface area contributed by atoms with E-state index < -0.39 is 0 Å². The zero-order chi connectivity index (χ0) is 22.2. The number of fused-ring (bicyclic) bond motifs is 1. The molecular weight excluding hydrogens is 396 g/mol. The summed E-state index contributed by atoms with van der Waals surface area (Å²) >= 11 is 0. The van der Waals surface area contributed by atoms with Gasteiger partial charge in [0.2, 0.25) is 0 Å². The van der Waals surface area contributed by atoms with Gasteiger partial charge in [-0.25, -0.2) is 4.98 Å². The fourth-order valence-corrected chi connectivity index (χ4v) is 4.05. The minimum atomic E-state index is 0.856. The molecule has 5 aromatic rings. The predicted molar refractivity (Wildman–Crippen MR) is 130 cm³/mol. The van der Waals surface area contributed by atoms with Crippen LogP contribution in [-0.2, 0) is 7.05 Å². The smallest absolute Gasteiger partial charge is 0.116 e. The Labute approximate surface area is 185 Å². The predicted octanol–water partition coefficient (Wildman–Crippen LogP) is 3.96. The lowest BCUT2D eigenvalue weighted by atomic mass is 10.0. The Morgan fingerprint density at radius 2 is 1.97 bits per heavy atom. The molecule has 1 aromatic carbocycles. The second kappa shape index (κ2) is 7.81. The molecule has 0 amide bonds. The first-order chi connectivity index (χ1) is 15.6. The minimum Gasteiger partial charge on any atom is -0.353 e. The lowest BCUT2D eigenvalue weighted by molar-refractivity contribution is 0.847. The van der Waals surface area contributed by atoms with Gasteiger partial charge in [0.05, 0.1) is 22.9 Å². The average Bonchev–Trinajstić information content (AvgIpc) is 3.51. The Kier molecular flexibility index (Phi) is 4.82. The summed E-state index contributed by atoms with van der Waals surface area (Å²) in [5.74, 6) is 0.948. The number of rotatable bonds is 4. The van der Waals surface area contributed by atoms with Crippen LogP contribution in [0.1, 0.15) is 18.4 Å². The number of hydrogen-bond acceptors (Lipinski definition) is 3. The number of hydrogen-bond donors (Lipinski definition) is 2. The average molecular weight is 421 g/mol. The van der Waals surface area contributed by atoms with E-state index in [1.807, 2.05) is 62.3 Å². The van der Waals surface area contributed by atoms with Crippen molar-refractivity contribution in [2.24, 2.45) is 7.05 Å². The molecule has 0 spiro atoms. The molecule has 5 rings (SSSR count). The zero-order valence-electron chi connectivity index (χ0n) is 18.3. The van der Waals surface area contributed by atoms with Gasteiger partial charge in [-0.1, -0.05) is 24.8 Å². The molecule has 0 radical (unpaired) electrons. The van der Waals surface area contributed by atoms with Crippen molar-refractivity contribution < 1.29 is 0 Å². The number of imidazole rings is 1. The molecule has 0 fully saturated rings. The second-order valence-electron chi connectivity index (χ2n) is 7.79. The maximum absolute atomic E-state index is 4.64.